The van der Waals surface area contributed by atoms with E-state index in [0.29, 0.717) is 16.5 Å². The molecule has 6 nitrogen and oxygen atoms in total. The number of hydrogen-bond donors (Lipinski definition) is 2. The van der Waals surface area contributed by atoms with Crippen molar-refractivity contribution in [2.75, 3.05) is 11.9 Å². The number of rotatable bonds is 5. The lowest BCUT2D eigenvalue weighted by Gasteiger charge is -2.14. The van der Waals surface area contributed by atoms with E-state index >= 15 is 0 Å². The first-order valence-corrected chi connectivity index (χ1v) is 8.36. The third-order valence-electron chi connectivity index (χ3n) is 3.71. The van der Waals surface area contributed by atoms with Crippen LogP contribution in [0.4, 0.5) is 18.9 Å². The van der Waals surface area contributed by atoms with Gasteiger partial charge in [0.05, 0.1) is 23.2 Å². The molecule has 0 bridgehead atoms. The summed E-state index contributed by atoms with van der Waals surface area (Å²) in [6, 6.07) is 10.5. The molecular weight excluding hydrogens is 399 g/mol. The van der Waals surface area contributed by atoms with Gasteiger partial charge in [-0.25, -0.2) is 5.10 Å². The molecule has 2 N–H and O–H groups in total. The fourth-order valence-electron chi connectivity index (χ4n) is 2.54. The number of anilines is 1. The number of nitrogens with zero attached hydrogens (tertiary/aromatic N) is 1. The van der Waals surface area contributed by atoms with Crippen molar-refractivity contribution in [2.24, 2.45) is 0 Å². The summed E-state index contributed by atoms with van der Waals surface area (Å²) < 4.78 is 42.0. The average molecular weight is 412 g/mol. The average Bonchev–Trinajstić information content (AvgIpc) is 2.63. The van der Waals surface area contributed by atoms with Gasteiger partial charge in [0.2, 0.25) is 5.91 Å². The van der Waals surface area contributed by atoms with Crippen LogP contribution >= 0.6 is 11.6 Å². The van der Waals surface area contributed by atoms with E-state index in [1.54, 1.807) is 24.3 Å². The van der Waals surface area contributed by atoms with Crippen LogP contribution in [0.5, 0.6) is 5.75 Å². The zero-order valence-corrected chi connectivity index (χ0v) is 14.9. The van der Waals surface area contributed by atoms with Gasteiger partial charge in [0, 0.05) is 10.4 Å². The molecule has 146 valence electrons. The normalized spacial score (nSPS) is 11.4. The Morgan fingerprint density at radius 2 is 1.89 bits per heavy atom. The fourth-order valence-corrected chi connectivity index (χ4v) is 2.71. The molecular formula is C18H13ClF3N3O3. The van der Waals surface area contributed by atoms with Crippen LogP contribution in [0.2, 0.25) is 5.02 Å². The maximum atomic E-state index is 12.4. The van der Waals surface area contributed by atoms with Gasteiger partial charge in [-0.15, -0.1) is 0 Å². The van der Waals surface area contributed by atoms with Gasteiger partial charge in [0.15, 0.2) is 6.61 Å². The third kappa shape index (κ3) is 4.80. The number of hydrogen-bond acceptors (Lipinski definition) is 4. The molecule has 0 unspecified atom stereocenters. The molecule has 28 heavy (non-hydrogen) atoms. The van der Waals surface area contributed by atoms with Gasteiger partial charge in [0.25, 0.3) is 5.56 Å². The molecule has 3 rings (SSSR count). The SMILES string of the molecule is O=C(Cc1n[nH]c(=O)c2ccccc12)Nc1cc(Cl)ccc1OCC(F)(F)F. The monoisotopic (exact) mass is 411 g/mol. The molecule has 3 aromatic rings. The molecule has 0 atom stereocenters. The van der Waals surface area contributed by atoms with Crippen LogP contribution in [0.3, 0.4) is 0 Å². The molecule has 1 amide bonds. The molecule has 0 radical (unpaired) electrons. The van der Waals surface area contributed by atoms with Crippen LogP contribution in [-0.2, 0) is 11.2 Å². The Bertz CT molecular complexity index is 1080. The van der Waals surface area contributed by atoms with Gasteiger partial charge in [-0.3, -0.25) is 9.59 Å². The minimum atomic E-state index is -4.53. The van der Waals surface area contributed by atoms with Gasteiger partial charge < -0.3 is 10.1 Å². The van der Waals surface area contributed by atoms with Crippen molar-refractivity contribution in [2.45, 2.75) is 12.6 Å². The lowest BCUT2D eigenvalue weighted by molar-refractivity contribution is -0.153. The molecule has 0 aliphatic rings. The van der Waals surface area contributed by atoms with Crippen LogP contribution in [0.15, 0.2) is 47.3 Å². The van der Waals surface area contributed by atoms with Crippen molar-refractivity contribution in [1.29, 1.82) is 0 Å². The van der Waals surface area contributed by atoms with E-state index in [2.05, 4.69) is 15.5 Å². The number of halogens is 4. The molecule has 2 aromatic carbocycles. The molecule has 0 saturated heterocycles. The predicted octanol–water partition coefficient (Wildman–Crippen LogP) is 3.70. The van der Waals surface area contributed by atoms with E-state index in [0.717, 1.165) is 0 Å². The second-order valence-corrected chi connectivity index (χ2v) is 6.25. The van der Waals surface area contributed by atoms with Crippen molar-refractivity contribution < 1.29 is 22.7 Å². The summed E-state index contributed by atoms with van der Waals surface area (Å²) in [4.78, 5) is 24.2. The Morgan fingerprint density at radius 3 is 2.61 bits per heavy atom. The minimum absolute atomic E-state index is 0.00419. The summed E-state index contributed by atoms with van der Waals surface area (Å²) in [5.41, 5.74) is -0.0830. The summed E-state index contributed by atoms with van der Waals surface area (Å²) >= 11 is 5.86. The zero-order chi connectivity index (χ0) is 20.3. The third-order valence-corrected chi connectivity index (χ3v) is 3.95. The number of amides is 1. The van der Waals surface area contributed by atoms with Crippen molar-refractivity contribution in [3.8, 4) is 5.75 Å². The Morgan fingerprint density at radius 1 is 1.18 bits per heavy atom. The maximum absolute atomic E-state index is 12.4. The molecule has 0 saturated carbocycles. The van der Waals surface area contributed by atoms with Crippen LogP contribution < -0.4 is 15.6 Å². The van der Waals surface area contributed by atoms with Crippen molar-refractivity contribution in [3.05, 3.63) is 63.5 Å². The number of H-pyrrole nitrogens is 1. The highest BCUT2D eigenvalue weighted by atomic mass is 35.5. The molecule has 10 heteroatoms. The standard InChI is InChI=1S/C18H13ClF3N3O3/c19-10-5-6-15(28-9-18(20,21)22)14(7-10)23-16(26)8-13-11-3-1-2-4-12(11)17(27)25-24-13/h1-7H,8-9H2,(H,23,26)(H,25,27). The number of carbonyl (C=O) groups is 1. The molecule has 0 aliphatic carbocycles. The maximum Gasteiger partial charge on any atom is 0.422 e. The van der Waals surface area contributed by atoms with Crippen molar-refractivity contribution in [3.63, 3.8) is 0 Å². The number of alkyl halides is 3. The highest BCUT2D eigenvalue weighted by Crippen LogP contribution is 2.30. The first-order chi connectivity index (χ1) is 13.2. The summed E-state index contributed by atoms with van der Waals surface area (Å²) in [5, 5.41) is 9.76. The van der Waals surface area contributed by atoms with Gasteiger partial charge in [-0.2, -0.15) is 18.3 Å². The van der Waals surface area contributed by atoms with E-state index in [-0.39, 0.29) is 22.9 Å². The highest BCUT2D eigenvalue weighted by molar-refractivity contribution is 6.31. The number of benzene rings is 2. The van der Waals surface area contributed by atoms with Crippen LogP contribution in [-0.4, -0.2) is 28.9 Å². The van der Waals surface area contributed by atoms with E-state index < -0.39 is 24.2 Å². The summed E-state index contributed by atoms with van der Waals surface area (Å²) in [7, 11) is 0. The van der Waals surface area contributed by atoms with Crippen molar-refractivity contribution in [1.82, 2.24) is 10.2 Å². The smallest absolute Gasteiger partial charge is 0.422 e. The predicted molar refractivity (Wildman–Crippen MR) is 97.7 cm³/mol. The number of aromatic nitrogens is 2. The summed E-state index contributed by atoms with van der Waals surface area (Å²) in [5.74, 6) is -0.738. The molecule has 0 fully saturated rings. The number of ether oxygens (including phenoxy) is 1. The Balaban J connectivity index is 1.81. The fraction of sp³-hybridized carbons (Fsp3) is 0.167. The quantitative estimate of drug-likeness (QED) is 0.670. The van der Waals surface area contributed by atoms with Gasteiger partial charge in [0.1, 0.15) is 5.75 Å². The molecule has 1 aromatic heterocycles. The van der Waals surface area contributed by atoms with Gasteiger partial charge in [-0.05, 0) is 24.3 Å². The Labute approximate surface area is 161 Å². The number of fused-ring (bicyclic) bond motifs is 1. The largest absolute Gasteiger partial charge is 0.482 e. The van der Waals surface area contributed by atoms with E-state index in [9.17, 15) is 22.8 Å². The number of carbonyl (C=O) groups excluding carboxylic acids is 1. The van der Waals surface area contributed by atoms with E-state index in [4.69, 9.17) is 16.3 Å². The second-order valence-electron chi connectivity index (χ2n) is 5.81. The zero-order valence-electron chi connectivity index (χ0n) is 14.1. The number of aromatic amines is 1. The number of nitrogens with one attached hydrogen (secondary N) is 2. The first kappa shape index (κ1) is 19.7. The first-order valence-electron chi connectivity index (χ1n) is 7.98. The van der Waals surface area contributed by atoms with Crippen LogP contribution in [0.25, 0.3) is 10.8 Å². The van der Waals surface area contributed by atoms with Gasteiger partial charge >= 0.3 is 6.18 Å². The van der Waals surface area contributed by atoms with E-state index in [1.165, 1.54) is 18.2 Å². The van der Waals surface area contributed by atoms with Crippen LogP contribution in [0.1, 0.15) is 5.69 Å². The Kier molecular flexibility index (Phi) is 5.55. The second kappa shape index (κ2) is 7.89. The molecule has 0 spiro atoms. The summed E-state index contributed by atoms with van der Waals surface area (Å²) in [6.45, 7) is -1.51. The van der Waals surface area contributed by atoms with E-state index in [1.807, 2.05) is 0 Å². The summed E-state index contributed by atoms with van der Waals surface area (Å²) in [6.07, 6.45) is -4.75. The minimum Gasteiger partial charge on any atom is -0.482 e. The van der Waals surface area contributed by atoms with Crippen LogP contribution in [0, 0.1) is 0 Å². The Hall–Kier alpha value is -3.07. The lowest BCUT2D eigenvalue weighted by Crippen LogP contribution is -2.21. The van der Waals surface area contributed by atoms with Crippen molar-refractivity contribution >= 4 is 34.0 Å². The highest BCUT2D eigenvalue weighted by Gasteiger charge is 2.29. The van der Waals surface area contributed by atoms with Gasteiger partial charge in [-0.1, -0.05) is 29.8 Å². The topological polar surface area (TPSA) is 84.1 Å². The molecule has 0 aliphatic heterocycles. The lowest BCUT2D eigenvalue weighted by atomic mass is 10.1. The molecule has 1 heterocycles.